The molecule has 0 saturated heterocycles. The monoisotopic (exact) mass is 266 g/mol. The van der Waals surface area contributed by atoms with Crippen LogP contribution in [0, 0.1) is 18.3 Å². The number of hydrogen-bond acceptors (Lipinski definition) is 3. The number of carbonyl (C=O) groups excluding carboxylic acids is 1. The summed E-state index contributed by atoms with van der Waals surface area (Å²) in [5, 5.41) is 13.6. The summed E-state index contributed by atoms with van der Waals surface area (Å²) in [6.07, 6.45) is 1.71. The number of carbonyl (C=O) groups is 1. The zero-order chi connectivity index (χ0) is 13.4. The minimum Gasteiger partial charge on any atom is -0.360 e. The molecule has 1 aromatic carbocycles. The van der Waals surface area contributed by atoms with Crippen molar-refractivity contribution in [2.75, 3.05) is 0 Å². The number of aryl methyl sites for hydroxylation is 1. The fraction of sp³-hybridized carbons (Fsp3) is 0.0667. The summed E-state index contributed by atoms with van der Waals surface area (Å²) in [5.74, 6) is 0.0229. The van der Waals surface area contributed by atoms with Crippen molar-refractivity contribution in [2.24, 2.45) is 0 Å². The zero-order valence-electron chi connectivity index (χ0n) is 10.2. The lowest BCUT2D eigenvalue weighted by molar-refractivity contribution is 0.104. The van der Waals surface area contributed by atoms with Crippen molar-refractivity contribution in [3.63, 3.8) is 0 Å². The van der Waals surface area contributed by atoms with Crippen molar-refractivity contribution in [1.82, 2.24) is 4.98 Å². The number of benzene rings is 1. The van der Waals surface area contributed by atoms with E-state index in [2.05, 4.69) is 11.1 Å². The van der Waals surface area contributed by atoms with Gasteiger partial charge in [0.25, 0.3) is 0 Å². The maximum Gasteiger partial charge on any atom is 0.196 e. The number of nitrogens with one attached hydrogen (secondary N) is 1. The van der Waals surface area contributed by atoms with Gasteiger partial charge in [0.15, 0.2) is 5.78 Å². The van der Waals surface area contributed by atoms with Crippen LogP contribution in [0.2, 0.25) is 0 Å². The van der Waals surface area contributed by atoms with E-state index in [0.717, 1.165) is 22.0 Å². The molecule has 3 nitrogen and oxygen atoms in total. The Morgan fingerprint density at radius 1 is 1.32 bits per heavy atom. The molecule has 0 aliphatic carbocycles. The fourth-order valence-corrected chi connectivity index (χ4v) is 2.95. The Morgan fingerprint density at radius 2 is 2.16 bits per heavy atom. The van der Waals surface area contributed by atoms with Gasteiger partial charge in [0.2, 0.25) is 0 Å². The first-order valence-electron chi connectivity index (χ1n) is 5.79. The quantitative estimate of drug-likeness (QED) is 0.720. The highest BCUT2D eigenvalue weighted by Gasteiger charge is 2.16. The highest BCUT2D eigenvalue weighted by molar-refractivity contribution is 7.08. The van der Waals surface area contributed by atoms with Gasteiger partial charge in [0.05, 0.1) is 11.6 Å². The summed E-state index contributed by atoms with van der Waals surface area (Å²) in [6.45, 7) is 1.94. The van der Waals surface area contributed by atoms with E-state index in [-0.39, 0.29) is 5.78 Å². The third-order valence-electron chi connectivity index (χ3n) is 3.16. The van der Waals surface area contributed by atoms with Crippen LogP contribution in [0.25, 0.3) is 10.9 Å². The van der Waals surface area contributed by atoms with Gasteiger partial charge in [-0.25, -0.2) is 0 Å². The number of ketones is 1. The average molecular weight is 266 g/mol. The van der Waals surface area contributed by atoms with Gasteiger partial charge in [0, 0.05) is 33.6 Å². The maximum atomic E-state index is 12.5. The van der Waals surface area contributed by atoms with Gasteiger partial charge in [-0.2, -0.15) is 16.6 Å². The van der Waals surface area contributed by atoms with Crippen molar-refractivity contribution < 1.29 is 4.79 Å². The molecule has 0 fully saturated rings. The summed E-state index contributed by atoms with van der Waals surface area (Å²) in [7, 11) is 0. The third-order valence-corrected chi connectivity index (χ3v) is 4.02. The van der Waals surface area contributed by atoms with Gasteiger partial charge >= 0.3 is 0 Å². The molecule has 19 heavy (non-hydrogen) atoms. The Morgan fingerprint density at radius 3 is 2.84 bits per heavy atom. The molecule has 2 heterocycles. The van der Waals surface area contributed by atoms with Crippen LogP contribution >= 0.6 is 11.3 Å². The van der Waals surface area contributed by atoms with Crippen LogP contribution in [0.15, 0.2) is 35.2 Å². The number of rotatable bonds is 2. The molecule has 92 valence electrons. The molecule has 0 aliphatic heterocycles. The lowest BCUT2D eigenvalue weighted by Crippen LogP contribution is -2.00. The largest absolute Gasteiger partial charge is 0.360 e. The predicted molar refractivity (Wildman–Crippen MR) is 75.5 cm³/mol. The molecule has 0 saturated carbocycles. The van der Waals surface area contributed by atoms with Gasteiger partial charge in [0.1, 0.15) is 0 Å². The zero-order valence-corrected chi connectivity index (χ0v) is 11.0. The Bertz CT molecular complexity index is 820. The van der Waals surface area contributed by atoms with Gasteiger partial charge in [-0.1, -0.05) is 6.07 Å². The molecule has 0 amide bonds. The van der Waals surface area contributed by atoms with Crippen LogP contribution < -0.4 is 0 Å². The Balaban J connectivity index is 2.14. The standard InChI is InChI=1S/C15H10N2OS/c1-9-7-19-8-13(9)15(18)12-6-17-14-4-10(5-16)2-3-11(12)14/h2-4,6-8,17H,1H3. The van der Waals surface area contributed by atoms with Crippen molar-refractivity contribution in [1.29, 1.82) is 5.26 Å². The number of hydrogen-bond donors (Lipinski definition) is 1. The van der Waals surface area contributed by atoms with E-state index in [1.807, 2.05) is 23.8 Å². The molecule has 3 rings (SSSR count). The molecular formula is C15H10N2OS. The van der Waals surface area contributed by atoms with Gasteiger partial charge < -0.3 is 4.98 Å². The van der Waals surface area contributed by atoms with Crippen molar-refractivity contribution in [3.05, 3.63) is 57.4 Å². The molecular weight excluding hydrogens is 256 g/mol. The Kier molecular flexibility index (Phi) is 2.69. The smallest absolute Gasteiger partial charge is 0.196 e. The summed E-state index contributed by atoms with van der Waals surface area (Å²) < 4.78 is 0. The normalized spacial score (nSPS) is 10.5. The van der Waals surface area contributed by atoms with Crippen LogP contribution in [0.1, 0.15) is 27.0 Å². The Hall–Kier alpha value is -2.38. The van der Waals surface area contributed by atoms with Crippen molar-refractivity contribution in [2.45, 2.75) is 6.92 Å². The first-order chi connectivity index (χ1) is 9.20. The molecule has 0 unspecified atom stereocenters. The lowest BCUT2D eigenvalue weighted by Gasteiger charge is -1.98. The summed E-state index contributed by atoms with van der Waals surface area (Å²) in [4.78, 5) is 15.5. The molecule has 1 N–H and O–H groups in total. The van der Waals surface area contributed by atoms with E-state index < -0.39 is 0 Å². The van der Waals surface area contributed by atoms with E-state index in [1.54, 1.807) is 18.3 Å². The predicted octanol–water partition coefficient (Wildman–Crippen LogP) is 3.64. The second kappa shape index (κ2) is 4.38. The number of fused-ring (bicyclic) bond motifs is 1. The van der Waals surface area contributed by atoms with Gasteiger partial charge in [-0.3, -0.25) is 4.79 Å². The average Bonchev–Trinajstić information content (AvgIpc) is 3.03. The number of nitrogens with zero attached hydrogens (tertiary/aromatic N) is 1. The summed E-state index contributed by atoms with van der Waals surface area (Å²) >= 11 is 1.53. The van der Waals surface area contributed by atoms with Crippen LogP contribution in [0.4, 0.5) is 0 Å². The maximum absolute atomic E-state index is 12.5. The molecule has 2 aromatic heterocycles. The van der Waals surface area contributed by atoms with Crippen molar-refractivity contribution >= 4 is 28.0 Å². The minimum absolute atomic E-state index is 0.0229. The third kappa shape index (κ3) is 1.85. The minimum atomic E-state index is 0.0229. The SMILES string of the molecule is Cc1cscc1C(=O)c1c[nH]c2cc(C#N)ccc12. The molecule has 0 atom stereocenters. The van der Waals surface area contributed by atoms with Crippen LogP contribution in [0.3, 0.4) is 0 Å². The second-order valence-corrected chi connectivity index (χ2v) is 5.12. The van der Waals surface area contributed by atoms with Crippen LogP contribution in [-0.2, 0) is 0 Å². The van der Waals surface area contributed by atoms with E-state index in [4.69, 9.17) is 5.26 Å². The molecule has 4 heteroatoms. The number of aromatic nitrogens is 1. The van der Waals surface area contributed by atoms with Gasteiger partial charge in [-0.05, 0) is 30.0 Å². The summed E-state index contributed by atoms with van der Waals surface area (Å²) in [6, 6.07) is 7.40. The molecule has 0 spiro atoms. The lowest BCUT2D eigenvalue weighted by atomic mass is 10.0. The van der Waals surface area contributed by atoms with Crippen LogP contribution in [-0.4, -0.2) is 10.8 Å². The molecule has 0 bridgehead atoms. The van der Waals surface area contributed by atoms with E-state index >= 15 is 0 Å². The number of nitriles is 1. The van der Waals surface area contributed by atoms with E-state index in [0.29, 0.717) is 11.1 Å². The molecule has 3 aromatic rings. The Labute approximate surface area is 114 Å². The number of H-pyrrole nitrogens is 1. The molecule has 0 radical (unpaired) electrons. The first-order valence-corrected chi connectivity index (χ1v) is 6.73. The number of thiophene rings is 1. The van der Waals surface area contributed by atoms with E-state index in [9.17, 15) is 4.79 Å². The first kappa shape index (κ1) is 11.7. The highest BCUT2D eigenvalue weighted by atomic mass is 32.1. The number of aromatic amines is 1. The van der Waals surface area contributed by atoms with Crippen LogP contribution in [0.5, 0.6) is 0 Å². The second-order valence-electron chi connectivity index (χ2n) is 4.37. The van der Waals surface area contributed by atoms with Crippen molar-refractivity contribution in [3.8, 4) is 6.07 Å². The van der Waals surface area contributed by atoms with Gasteiger partial charge in [-0.15, -0.1) is 0 Å². The topological polar surface area (TPSA) is 56.6 Å². The van der Waals surface area contributed by atoms with E-state index in [1.165, 1.54) is 11.3 Å². The fourth-order valence-electron chi connectivity index (χ4n) is 2.12. The molecule has 0 aliphatic rings. The summed E-state index contributed by atoms with van der Waals surface area (Å²) in [5.41, 5.74) is 3.80. The highest BCUT2D eigenvalue weighted by Crippen LogP contribution is 2.24.